The molecule has 1 fully saturated rings. The van der Waals surface area contributed by atoms with E-state index < -0.39 is 24.6 Å². The molecule has 1 heterocycles. The largest absolute Gasteiger partial charge is 0.479 e. The van der Waals surface area contributed by atoms with E-state index in [2.05, 4.69) is 5.32 Å². The van der Waals surface area contributed by atoms with Gasteiger partial charge in [0.1, 0.15) is 10.1 Å². The minimum Gasteiger partial charge on any atom is -0.479 e. The molecule has 0 bridgehead atoms. The molecule has 0 radical (unpaired) electrons. The topological polar surface area (TPSA) is 109 Å². The number of esters is 1. The first-order valence-electron chi connectivity index (χ1n) is 7.98. The summed E-state index contributed by atoms with van der Waals surface area (Å²) < 4.78 is 10.8. The summed E-state index contributed by atoms with van der Waals surface area (Å²) >= 11 is 6.32. The van der Waals surface area contributed by atoms with Gasteiger partial charge in [-0.15, -0.1) is 0 Å². The predicted molar refractivity (Wildman–Crippen MR) is 102 cm³/mol. The molecule has 0 unspecified atom stereocenters. The molecule has 27 heavy (non-hydrogen) atoms. The monoisotopic (exact) mass is 407 g/mol. The molecule has 0 aliphatic carbocycles. The van der Waals surface area contributed by atoms with Gasteiger partial charge in [-0.3, -0.25) is 14.5 Å². The zero-order valence-electron chi connectivity index (χ0n) is 14.5. The van der Waals surface area contributed by atoms with Crippen LogP contribution in [0.25, 0.3) is 0 Å². The molecule has 1 aliphatic heterocycles. The third-order valence-corrected chi connectivity index (χ3v) is 4.90. The lowest BCUT2D eigenvalue weighted by molar-refractivity contribution is -0.154. The first-order chi connectivity index (χ1) is 12.9. The number of hydrogen-bond donors (Lipinski definition) is 1. The smallest absolute Gasteiger partial charge is 0.347 e. The summed E-state index contributed by atoms with van der Waals surface area (Å²) in [6.07, 6.45) is -0.914. The summed E-state index contributed by atoms with van der Waals surface area (Å²) in [7, 11) is 0. The molecule has 1 aliphatic rings. The number of hydrogen-bond acceptors (Lipinski definition) is 8. The third-order valence-electron chi connectivity index (χ3n) is 3.47. The maximum absolute atomic E-state index is 11.9. The molecule has 0 aromatic heterocycles. The molecule has 1 aromatic carbocycles. The Bertz CT molecular complexity index is 760. The number of ether oxygens (including phenoxy) is 2. The minimum absolute atomic E-state index is 0.0838. The number of rotatable bonds is 8. The summed E-state index contributed by atoms with van der Waals surface area (Å²) in [5, 5.41) is 11.3. The highest BCUT2D eigenvalue weighted by molar-refractivity contribution is 8.23. The van der Waals surface area contributed by atoms with E-state index in [-0.39, 0.29) is 19.0 Å². The Kier molecular flexibility index (Phi) is 7.57. The maximum Gasteiger partial charge on any atom is 0.347 e. The van der Waals surface area contributed by atoms with Crippen LogP contribution >= 0.6 is 24.0 Å². The first-order valence-corrected chi connectivity index (χ1v) is 9.37. The summed E-state index contributed by atoms with van der Waals surface area (Å²) in [5.74, 6) is -0.533. The Morgan fingerprint density at radius 1 is 1.41 bits per heavy atom. The highest BCUT2D eigenvalue weighted by atomic mass is 32.2. The van der Waals surface area contributed by atoms with E-state index in [1.165, 1.54) is 23.6 Å². The number of thiocarbonyl (C=S) groups is 1. The van der Waals surface area contributed by atoms with Gasteiger partial charge in [0.15, 0.2) is 12.7 Å². The summed E-state index contributed by atoms with van der Waals surface area (Å²) in [6.45, 7) is 1.53. The molecular formula is C17H17N3O5S2. The summed E-state index contributed by atoms with van der Waals surface area (Å²) in [4.78, 5) is 36.6. The fourth-order valence-corrected chi connectivity index (χ4v) is 3.19. The minimum atomic E-state index is -0.914. The number of amides is 2. The normalized spacial score (nSPS) is 14.4. The number of nitrogens with one attached hydrogen (secondary N) is 1. The quantitative estimate of drug-likeness (QED) is 0.499. The number of carbonyl (C=O) groups excluding carboxylic acids is 3. The van der Waals surface area contributed by atoms with Crippen molar-refractivity contribution in [2.75, 3.05) is 25.4 Å². The second-order valence-electron chi connectivity index (χ2n) is 5.45. The average Bonchev–Trinajstić information content (AvgIpc) is 2.98. The Morgan fingerprint density at radius 3 is 2.70 bits per heavy atom. The van der Waals surface area contributed by atoms with Crippen molar-refractivity contribution in [3.05, 3.63) is 29.8 Å². The van der Waals surface area contributed by atoms with Gasteiger partial charge in [0.25, 0.3) is 5.91 Å². The standard InChI is InChI=1S/C17H17N3O5S2/c1-11(25-13-4-2-12(8-18)3-5-13)16(23)24-9-14(21)19-6-7-20-15(22)10-27-17(20)26/h2-5,11H,6-7,9-10H2,1H3,(H,19,21)/t11-/m1/s1. The van der Waals surface area contributed by atoms with Crippen molar-refractivity contribution in [2.24, 2.45) is 0 Å². The van der Waals surface area contributed by atoms with Gasteiger partial charge in [-0.25, -0.2) is 4.79 Å². The van der Waals surface area contributed by atoms with E-state index in [0.29, 0.717) is 21.4 Å². The lowest BCUT2D eigenvalue weighted by atomic mass is 10.2. The second kappa shape index (κ2) is 9.89. The van der Waals surface area contributed by atoms with Crippen molar-refractivity contribution in [1.29, 1.82) is 5.26 Å². The molecule has 8 nitrogen and oxygen atoms in total. The fourth-order valence-electron chi connectivity index (χ4n) is 2.07. The van der Waals surface area contributed by atoms with Gasteiger partial charge < -0.3 is 14.8 Å². The number of carbonyl (C=O) groups is 3. The van der Waals surface area contributed by atoms with Crippen LogP contribution in [0.15, 0.2) is 24.3 Å². The van der Waals surface area contributed by atoms with Gasteiger partial charge in [0.2, 0.25) is 5.91 Å². The zero-order valence-corrected chi connectivity index (χ0v) is 16.1. The van der Waals surface area contributed by atoms with Crippen molar-refractivity contribution in [3.63, 3.8) is 0 Å². The molecular weight excluding hydrogens is 390 g/mol. The van der Waals surface area contributed by atoms with Crippen LogP contribution in [0.2, 0.25) is 0 Å². The Morgan fingerprint density at radius 2 is 2.11 bits per heavy atom. The molecule has 2 amide bonds. The van der Waals surface area contributed by atoms with Crippen LogP contribution in [0.5, 0.6) is 5.75 Å². The van der Waals surface area contributed by atoms with E-state index in [1.807, 2.05) is 6.07 Å². The Balaban J connectivity index is 1.67. The average molecular weight is 407 g/mol. The van der Waals surface area contributed by atoms with E-state index in [0.717, 1.165) is 0 Å². The van der Waals surface area contributed by atoms with Crippen LogP contribution in [0.3, 0.4) is 0 Å². The molecule has 2 rings (SSSR count). The lowest BCUT2D eigenvalue weighted by Crippen LogP contribution is -2.39. The number of nitrogens with zero attached hydrogens (tertiary/aromatic N) is 2. The highest BCUT2D eigenvalue weighted by Gasteiger charge is 2.26. The van der Waals surface area contributed by atoms with Crippen LogP contribution in [0.4, 0.5) is 0 Å². The Labute approximate surface area is 165 Å². The van der Waals surface area contributed by atoms with E-state index in [1.54, 1.807) is 24.3 Å². The second-order valence-corrected chi connectivity index (χ2v) is 7.06. The van der Waals surface area contributed by atoms with Gasteiger partial charge in [-0.1, -0.05) is 24.0 Å². The summed E-state index contributed by atoms with van der Waals surface area (Å²) in [6, 6.07) is 8.25. The van der Waals surface area contributed by atoms with Gasteiger partial charge in [0, 0.05) is 13.1 Å². The highest BCUT2D eigenvalue weighted by Crippen LogP contribution is 2.18. The Hall–Kier alpha value is -2.64. The van der Waals surface area contributed by atoms with E-state index in [4.69, 9.17) is 27.0 Å². The van der Waals surface area contributed by atoms with Crippen LogP contribution in [0, 0.1) is 11.3 Å². The van der Waals surface area contributed by atoms with Crippen molar-refractivity contribution in [3.8, 4) is 11.8 Å². The first kappa shape index (κ1) is 20.7. The number of benzene rings is 1. The third kappa shape index (κ3) is 6.23. The van der Waals surface area contributed by atoms with Crippen molar-refractivity contribution >= 4 is 46.1 Å². The van der Waals surface area contributed by atoms with Crippen molar-refractivity contribution in [1.82, 2.24) is 10.2 Å². The molecule has 0 saturated carbocycles. The molecule has 10 heteroatoms. The van der Waals surface area contributed by atoms with Crippen LogP contribution in [-0.4, -0.2) is 58.6 Å². The number of thioether (sulfide) groups is 1. The van der Waals surface area contributed by atoms with Gasteiger partial charge in [-0.2, -0.15) is 5.26 Å². The van der Waals surface area contributed by atoms with E-state index in [9.17, 15) is 14.4 Å². The fraction of sp³-hybridized carbons (Fsp3) is 0.353. The lowest BCUT2D eigenvalue weighted by Gasteiger charge is -2.16. The molecule has 1 N–H and O–H groups in total. The summed E-state index contributed by atoms with van der Waals surface area (Å²) in [5.41, 5.74) is 0.476. The molecule has 1 saturated heterocycles. The number of nitriles is 1. The van der Waals surface area contributed by atoms with Gasteiger partial charge in [0.05, 0.1) is 17.4 Å². The van der Waals surface area contributed by atoms with Crippen molar-refractivity contribution in [2.45, 2.75) is 13.0 Å². The van der Waals surface area contributed by atoms with Crippen molar-refractivity contribution < 1.29 is 23.9 Å². The van der Waals surface area contributed by atoms with E-state index >= 15 is 0 Å². The molecule has 1 atom stereocenters. The van der Waals surface area contributed by atoms with Crippen LogP contribution < -0.4 is 10.1 Å². The van der Waals surface area contributed by atoms with Crippen LogP contribution in [0.1, 0.15) is 12.5 Å². The maximum atomic E-state index is 11.9. The predicted octanol–water partition coefficient (Wildman–Crippen LogP) is 0.845. The van der Waals surface area contributed by atoms with Crippen LogP contribution in [-0.2, 0) is 19.1 Å². The van der Waals surface area contributed by atoms with Gasteiger partial charge >= 0.3 is 5.97 Å². The molecule has 0 spiro atoms. The molecule has 142 valence electrons. The van der Waals surface area contributed by atoms with Gasteiger partial charge in [-0.05, 0) is 31.2 Å². The molecule has 1 aromatic rings. The SMILES string of the molecule is C[C@@H](Oc1ccc(C#N)cc1)C(=O)OCC(=O)NCCN1C(=O)CSC1=S. The zero-order chi connectivity index (χ0) is 19.8.